The molecule has 0 bridgehead atoms. The molecule has 0 spiro atoms. The highest BCUT2D eigenvalue weighted by molar-refractivity contribution is 7.99. The Hall–Kier alpha value is 0.270. The van der Waals surface area contributed by atoms with Crippen LogP contribution in [0.15, 0.2) is 0 Å². The monoisotopic (exact) mass is 228 g/mol. The lowest BCUT2D eigenvalue weighted by Gasteiger charge is -2.38. The Labute approximate surface area is 98.0 Å². The molecule has 0 aromatic carbocycles. The van der Waals surface area contributed by atoms with E-state index in [1.165, 1.54) is 50.0 Å². The lowest BCUT2D eigenvalue weighted by Crippen LogP contribution is -2.52. The average molecular weight is 228 g/mol. The van der Waals surface area contributed by atoms with Gasteiger partial charge in [0.1, 0.15) is 0 Å². The fourth-order valence-electron chi connectivity index (χ4n) is 2.91. The molecule has 2 rings (SSSR count). The lowest BCUT2D eigenvalue weighted by molar-refractivity contribution is 0.167. The van der Waals surface area contributed by atoms with E-state index in [0.717, 1.165) is 12.6 Å². The highest BCUT2D eigenvalue weighted by Gasteiger charge is 2.31. The molecule has 3 heteroatoms. The van der Waals surface area contributed by atoms with Crippen molar-refractivity contribution < 1.29 is 0 Å². The molecular formula is C12H24N2S. The SMILES string of the molecule is CN(CC1(N)CCCCC1)C1CCSC1. The Morgan fingerprint density at radius 3 is 2.67 bits per heavy atom. The zero-order valence-corrected chi connectivity index (χ0v) is 10.7. The predicted molar refractivity (Wildman–Crippen MR) is 68.4 cm³/mol. The van der Waals surface area contributed by atoms with Crippen LogP contribution in [0.1, 0.15) is 38.5 Å². The summed E-state index contributed by atoms with van der Waals surface area (Å²) in [7, 11) is 2.26. The summed E-state index contributed by atoms with van der Waals surface area (Å²) in [6, 6.07) is 0.789. The summed E-state index contributed by atoms with van der Waals surface area (Å²) in [5.74, 6) is 2.65. The quantitative estimate of drug-likeness (QED) is 0.802. The van der Waals surface area contributed by atoms with Gasteiger partial charge in [-0.1, -0.05) is 19.3 Å². The van der Waals surface area contributed by atoms with Gasteiger partial charge in [0, 0.05) is 23.9 Å². The second kappa shape index (κ2) is 5.07. The van der Waals surface area contributed by atoms with E-state index in [1.54, 1.807) is 0 Å². The zero-order chi connectivity index (χ0) is 10.7. The first-order chi connectivity index (χ1) is 7.20. The van der Waals surface area contributed by atoms with E-state index in [-0.39, 0.29) is 5.54 Å². The number of hydrogen-bond acceptors (Lipinski definition) is 3. The summed E-state index contributed by atoms with van der Waals surface area (Å²) in [6.07, 6.45) is 7.89. The van der Waals surface area contributed by atoms with E-state index in [2.05, 4.69) is 23.7 Å². The van der Waals surface area contributed by atoms with Gasteiger partial charge in [-0.2, -0.15) is 11.8 Å². The molecule has 0 aromatic heterocycles. The van der Waals surface area contributed by atoms with Crippen LogP contribution in [-0.2, 0) is 0 Å². The highest BCUT2D eigenvalue weighted by atomic mass is 32.2. The van der Waals surface area contributed by atoms with Gasteiger partial charge in [0.25, 0.3) is 0 Å². The van der Waals surface area contributed by atoms with Crippen molar-refractivity contribution in [1.82, 2.24) is 4.90 Å². The molecule has 1 aliphatic heterocycles. The third-order valence-corrected chi connectivity index (χ3v) is 5.09. The van der Waals surface area contributed by atoms with Crippen LogP contribution in [0.4, 0.5) is 0 Å². The fourth-order valence-corrected chi connectivity index (χ4v) is 4.21. The molecular weight excluding hydrogens is 204 g/mol. The third-order valence-electron chi connectivity index (χ3n) is 3.94. The van der Waals surface area contributed by atoms with Crippen LogP contribution in [0.5, 0.6) is 0 Å². The van der Waals surface area contributed by atoms with Crippen LogP contribution >= 0.6 is 11.8 Å². The normalized spacial score (nSPS) is 31.0. The molecule has 1 saturated heterocycles. The van der Waals surface area contributed by atoms with Gasteiger partial charge in [0.05, 0.1) is 0 Å². The Morgan fingerprint density at radius 1 is 1.33 bits per heavy atom. The van der Waals surface area contributed by atoms with Crippen LogP contribution in [0.3, 0.4) is 0 Å². The molecule has 88 valence electrons. The zero-order valence-electron chi connectivity index (χ0n) is 9.87. The molecule has 1 atom stereocenters. The predicted octanol–water partition coefficient (Wildman–Crippen LogP) is 2.09. The van der Waals surface area contributed by atoms with E-state index >= 15 is 0 Å². The van der Waals surface area contributed by atoms with E-state index in [1.807, 2.05) is 0 Å². The largest absolute Gasteiger partial charge is 0.324 e. The molecule has 2 aliphatic rings. The molecule has 0 aromatic rings. The topological polar surface area (TPSA) is 29.3 Å². The Morgan fingerprint density at radius 2 is 2.07 bits per heavy atom. The van der Waals surface area contributed by atoms with Crippen molar-refractivity contribution in [2.45, 2.75) is 50.1 Å². The summed E-state index contributed by atoms with van der Waals surface area (Å²) >= 11 is 2.09. The summed E-state index contributed by atoms with van der Waals surface area (Å²) in [5, 5.41) is 0. The second-order valence-electron chi connectivity index (χ2n) is 5.36. The molecule has 1 saturated carbocycles. The second-order valence-corrected chi connectivity index (χ2v) is 6.51. The maximum absolute atomic E-state index is 6.48. The lowest BCUT2D eigenvalue weighted by atomic mass is 9.82. The molecule has 2 N–H and O–H groups in total. The summed E-state index contributed by atoms with van der Waals surface area (Å²) in [4.78, 5) is 2.52. The van der Waals surface area contributed by atoms with Crippen LogP contribution in [0.25, 0.3) is 0 Å². The standard InChI is InChI=1S/C12H24N2S/c1-14(11-5-8-15-9-11)10-12(13)6-3-2-4-7-12/h11H,2-10,13H2,1H3. The molecule has 1 aliphatic carbocycles. The molecule has 1 heterocycles. The minimum atomic E-state index is 0.125. The van der Waals surface area contributed by atoms with Crippen molar-refractivity contribution in [1.29, 1.82) is 0 Å². The molecule has 1 unspecified atom stereocenters. The smallest absolute Gasteiger partial charge is 0.0283 e. The first-order valence-corrected chi connectivity index (χ1v) is 7.42. The fraction of sp³-hybridized carbons (Fsp3) is 1.00. The van der Waals surface area contributed by atoms with Gasteiger partial charge in [-0.3, -0.25) is 0 Å². The van der Waals surface area contributed by atoms with Crippen LogP contribution in [0.2, 0.25) is 0 Å². The molecule has 15 heavy (non-hydrogen) atoms. The van der Waals surface area contributed by atoms with Crippen molar-refractivity contribution in [2.75, 3.05) is 25.1 Å². The van der Waals surface area contributed by atoms with Crippen LogP contribution in [-0.4, -0.2) is 41.6 Å². The van der Waals surface area contributed by atoms with Crippen LogP contribution in [0, 0.1) is 0 Å². The summed E-state index contributed by atoms with van der Waals surface area (Å²) in [5.41, 5.74) is 6.60. The van der Waals surface area contributed by atoms with Crippen molar-refractivity contribution >= 4 is 11.8 Å². The number of hydrogen-bond donors (Lipinski definition) is 1. The van der Waals surface area contributed by atoms with Gasteiger partial charge in [-0.05, 0) is 32.1 Å². The first kappa shape index (κ1) is 11.7. The van der Waals surface area contributed by atoms with Gasteiger partial charge in [-0.15, -0.1) is 0 Å². The van der Waals surface area contributed by atoms with E-state index in [4.69, 9.17) is 5.73 Å². The molecule has 2 nitrogen and oxygen atoms in total. The van der Waals surface area contributed by atoms with Crippen molar-refractivity contribution in [3.8, 4) is 0 Å². The number of thioether (sulfide) groups is 1. The Kier molecular flexibility index (Phi) is 3.97. The average Bonchev–Trinajstić information content (AvgIpc) is 2.70. The maximum atomic E-state index is 6.48. The van der Waals surface area contributed by atoms with E-state index < -0.39 is 0 Å². The summed E-state index contributed by atoms with van der Waals surface area (Å²) < 4.78 is 0. The number of nitrogens with zero attached hydrogens (tertiary/aromatic N) is 1. The van der Waals surface area contributed by atoms with Gasteiger partial charge in [0.2, 0.25) is 0 Å². The van der Waals surface area contributed by atoms with Crippen molar-refractivity contribution in [2.24, 2.45) is 5.73 Å². The Balaban J connectivity index is 1.83. The maximum Gasteiger partial charge on any atom is 0.0283 e. The van der Waals surface area contributed by atoms with Crippen molar-refractivity contribution in [3.63, 3.8) is 0 Å². The van der Waals surface area contributed by atoms with Gasteiger partial charge in [-0.25, -0.2) is 0 Å². The van der Waals surface area contributed by atoms with Crippen molar-refractivity contribution in [3.05, 3.63) is 0 Å². The third kappa shape index (κ3) is 3.11. The van der Waals surface area contributed by atoms with Gasteiger partial charge in [0.15, 0.2) is 0 Å². The highest BCUT2D eigenvalue weighted by Crippen LogP contribution is 2.29. The molecule has 0 radical (unpaired) electrons. The molecule has 2 fully saturated rings. The minimum absolute atomic E-state index is 0.125. The molecule has 0 amide bonds. The first-order valence-electron chi connectivity index (χ1n) is 6.26. The number of rotatable bonds is 3. The van der Waals surface area contributed by atoms with Gasteiger partial charge < -0.3 is 10.6 Å². The van der Waals surface area contributed by atoms with E-state index in [9.17, 15) is 0 Å². The van der Waals surface area contributed by atoms with Gasteiger partial charge >= 0.3 is 0 Å². The number of nitrogens with two attached hydrogens (primary N) is 1. The minimum Gasteiger partial charge on any atom is -0.324 e. The van der Waals surface area contributed by atoms with E-state index in [0.29, 0.717) is 0 Å². The number of likely N-dealkylation sites (N-methyl/N-ethyl adjacent to an activating group) is 1. The van der Waals surface area contributed by atoms with Crippen LogP contribution < -0.4 is 5.73 Å². The summed E-state index contributed by atoms with van der Waals surface area (Å²) in [6.45, 7) is 1.11. The Bertz CT molecular complexity index is 196.